The fraction of sp³-hybridized carbons (Fsp3) is 0.595. The number of likely N-dealkylation sites (N-methyl/N-ethyl adjacent to an activating group) is 1. The van der Waals surface area contributed by atoms with Crippen molar-refractivity contribution in [2.45, 2.75) is 85.7 Å². The van der Waals surface area contributed by atoms with E-state index in [4.69, 9.17) is 4.74 Å². The van der Waals surface area contributed by atoms with Crippen molar-refractivity contribution in [2.24, 2.45) is 5.92 Å². The molecule has 0 saturated carbocycles. The summed E-state index contributed by atoms with van der Waals surface area (Å²) < 4.78 is 62.4. The number of pyridine rings is 1. The first-order chi connectivity index (χ1) is 23.4. The molecule has 0 aliphatic carbocycles. The average molecular weight is 714 g/mol. The molecule has 2 atom stereocenters. The van der Waals surface area contributed by atoms with Gasteiger partial charge >= 0.3 is 0 Å². The van der Waals surface area contributed by atoms with Gasteiger partial charge in [0.2, 0.25) is 9.84 Å². The van der Waals surface area contributed by atoms with Crippen molar-refractivity contribution in [3.05, 3.63) is 48.4 Å². The quantitative estimate of drug-likeness (QED) is 0.273. The van der Waals surface area contributed by atoms with Crippen LogP contribution < -0.4 is 9.64 Å². The maximum absolute atomic E-state index is 15.4. The molecule has 2 unspecified atom stereocenters. The molecule has 0 spiro atoms. The molecule has 3 fully saturated rings. The van der Waals surface area contributed by atoms with E-state index in [2.05, 4.69) is 45.5 Å². The summed E-state index contributed by atoms with van der Waals surface area (Å²) in [6, 6.07) is 10.3. The summed E-state index contributed by atoms with van der Waals surface area (Å²) in [7, 11) is -3.24. The maximum atomic E-state index is 15.4. The van der Waals surface area contributed by atoms with E-state index in [-0.39, 0.29) is 21.6 Å². The zero-order valence-corrected chi connectivity index (χ0v) is 31.2. The minimum atomic E-state index is -4.18. The molecule has 9 nitrogen and oxygen atoms in total. The molecular weight excluding hydrogens is 662 g/mol. The number of fused-ring (bicyclic) bond motifs is 1. The Bertz CT molecular complexity index is 1750. The molecule has 1 aromatic heterocycles. The number of piperazine rings is 1. The number of nitrogens with zero attached hydrogens (tertiary/aromatic N) is 5. The van der Waals surface area contributed by atoms with Crippen LogP contribution in [0.5, 0.6) is 5.75 Å². The number of rotatable bonds is 10. The Morgan fingerprint density at radius 2 is 1.53 bits per heavy atom. The van der Waals surface area contributed by atoms with E-state index in [1.165, 1.54) is 31.2 Å². The standard InChI is InChI=1S/C37H52FN5O4S2/c1-26(2)22-27(3)47-35-9-7-31(24-33(35)38)49(45,46)36-25-39-34-8-6-30(48(5)44)23-32(34)37(36)43-16-12-28(13-17-43)41-14-10-29(11-15-41)42-20-18-40(4)19-21-42/h6-9,23-29H,10-22H2,1-5H3. The van der Waals surface area contributed by atoms with Gasteiger partial charge < -0.3 is 19.4 Å². The highest BCUT2D eigenvalue weighted by Crippen LogP contribution is 2.39. The fourth-order valence-corrected chi connectivity index (χ4v) is 9.89. The van der Waals surface area contributed by atoms with Crippen LogP contribution in [0, 0.1) is 11.7 Å². The van der Waals surface area contributed by atoms with Gasteiger partial charge in [-0.05, 0) is 101 Å². The summed E-state index contributed by atoms with van der Waals surface area (Å²) in [6.07, 6.45) is 7.76. The topological polar surface area (TPSA) is 86.3 Å². The number of benzene rings is 2. The predicted molar refractivity (Wildman–Crippen MR) is 194 cm³/mol. The molecule has 0 amide bonds. The van der Waals surface area contributed by atoms with Gasteiger partial charge in [0, 0.05) is 84.9 Å². The number of anilines is 1. The third-order valence-corrected chi connectivity index (χ3v) is 13.3. The summed E-state index contributed by atoms with van der Waals surface area (Å²) in [5.74, 6) is -0.298. The zero-order valence-electron chi connectivity index (χ0n) is 29.6. The second-order valence-corrected chi connectivity index (χ2v) is 17.9. The molecule has 49 heavy (non-hydrogen) atoms. The van der Waals surface area contributed by atoms with Gasteiger partial charge in [-0.1, -0.05) is 13.8 Å². The van der Waals surface area contributed by atoms with Crippen LogP contribution in [0.15, 0.2) is 57.3 Å². The van der Waals surface area contributed by atoms with Crippen LogP contribution in [-0.4, -0.2) is 116 Å². The molecular formula is C37H52FN5O4S2. The van der Waals surface area contributed by atoms with Crippen LogP contribution in [0.25, 0.3) is 10.9 Å². The van der Waals surface area contributed by atoms with Gasteiger partial charge in [0.25, 0.3) is 0 Å². The molecule has 268 valence electrons. The van der Waals surface area contributed by atoms with Gasteiger partial charge in [-0.15, -0.1) is 0 Å². The van der Waals surface area contributed by atoms with Crippen molar-refractivity contribution in [2.75, 3.05) is 70.6 Å². The third kappa shape index (κ3) is 8.14. The summed E-state index contributed by atoms with van der Waals surface area (Å²) >= 11 is 0. The molecule has 3 saturated heterocycles. The Labute approximate surface area is 294 Å². The molecule has 3 aromatic rings. The van der Waals surface area contributed by atoms with Crippen molar-refractivity contribution in [1.29, 1.82) is 0 Å². The lowest BCUT2D eigenvalue weighted by Crippen LogP contribution is -2.54. The molecule has 0 radical (unpaired) electrons. The Morgan fingerprint density at radius 1 is 0.898 bits per heavy atom. The Hall–Kier alpha value is -2.64. The third-order valence-electron chi connectivity index (χ3n) is 10.6. The van der Waals surface area contributed by atoms with Gasteiger partial charge in [-0.3, -0.25) is 14.1 Å². The lowest BCUT2D eigenvalue weighted by atomic mass is 9.96. The normalized spacial score (nSPS) is 21.0. The first-order valence-corrected chi connectivity index (χ1v) is 20.8. The second-order valence-electron chi connectivity index (χ2n) is 14.6. The van der Waals surface area contributed by atoms with Crippen LogP contribution >= 0.6 is 0 Å². The lowest BCUT2D eigenvalue weighted by molar-refractivity contribution is 0.0495. The van der Waals surface area contributed by atoms with E-state index in [0.29, 0.717) is 52.6 Å². The van der Waals surface area contributed by atoms with Crippen LogP contribution in [0.2, 0.25) is 0 Å². The van der Waals surface area contributed by atoms with Crippen molar-refractivity contribution < 1.29 is 21.8 Å². The molecule has 4 heterocycles. The van der Waals surface area contributed by atoms with E-state index >= 15 is 4.39 Å². The van der Waals surface area contributed by atoms with Crippen LogP contribution in [-0.2, 0) is 20.6 Å². The van der Waals surface area contributed by atoms with Crippen molar-refractivity contribution in [3.63, 3.8) is 0 Å². The van der Waals surface area contributed by atoms with Gasteiger partial charge in [0.05, 0.1) is 22.2 Å². The second kappa shape index (κ2) is 15.3. The van der Waals surface area contributed by atoms with E-state index in [1.54, 1.807) is 24.5 Å². The highest BCUT2D eigenvalue weighted by atomic mass is 32.2. The van der Waals surface area contributed by atoms with Crippen LogP contribution in [0.3, 0.4) is 0 Å². The number of halogens is 1. The molecule has 12 heteroatoms. The minimum Gasteiger partial charge on any atom is -0.488 e. The SMILES string of the molecule is CC(C)CC(C)Oc1ccc(S(=O)(=O)c2cnc3ccc(S(C)=O)cc3c2N2CCC(N3CCC(N4CCN(C)CC4)CC3)CC2)cc1F. The Balaban J connectivity index is 1.24. The van der Waals surface area contributed by atoms with Gasteiger partial charge in [0.1, 0.15) is 4.90 Å². The number of likely N-dealkylation sites (tertiary alicyclic amines) is 1. The summed E-state index contributed by atoms with van der Waals surface area (Å²) in [5.41, 5.74) is 1.18. The molecule has 3 aliphatic heterocycles. The number of ether oxygens (including phenoxy) is 1. The number of aromatic nitrogens is 1. The molecule has 3 aliphatic rings. The highest BCUT2D eigenvalue weighted by Gasteiger charge is 2.34. The molecule has 0 N–H and O–H groups in total. The smallest absolute Gasteiger partial charge is 0.210 e. The van der Waals surface area contributed by atoms with Gasteiger partial charge in [-0.2, -0.15) is 0 Å². The van der Waals surface area contributed by atoms with Crippen LogP contribution in [0.1, 0.15) is 52.9 Å². The van der Waals surface area contributed by atoms with Crippen molar-refractivity contribution >= 4 is 37.2 Å². The van der Waals surface area contributed by atoms with Gasteiger partial charge in [-0.25, -0.2) is 12.8 Å². The van der Waals surface area contributed by atoms with E-state index in [0.717, 1.165) is 64.6 Å². The lowest BCUT2D eigenvalue weighted by Gasteiger charge is -2.46. The van der Waals surface area contributed by atoms with E-state index in [9.17, 15) is 12.6 Å². The van der Waals surface area contributed by atoms with Crippen molar-refractivity contribution in [1.82, 2.24) is 19.7 Å². The first-order valence-electron chi connectivity index (χ1n) is 17.8. The Morgan fingerprint density at radius 3 is 2.14 bits per heavy atom. The number of piperidine rings is 2. The fourth-order valence-electron chi connectivity index (χ4n) is 7.90. The number of hydrogen-bond acceptors (Lipinski definition) is 9. The summed E-state index contributed by atoms with van der Waals surface area (Å²) in [4.78, 5) is 14.9. The summed E-state index contributed by atoms with van der Waals surface area (Å²) in [6.45, 7) is 14.2. The zero-order chi connectivity index (χ0) is 34.9. The number of sulfone groups is 1. The number of hydrogen-bond donors (Lipinski definition) is 0. The van der Waals surface area contributed by atoms with Crippen molar-refractivity contribution in [3.8, 4) is 5.75 Å². The summed E-state index contributed by atoms with van der Waals surface area (Å²) in [5, 5.41) is 0.642. The molecule has 2 aromatic carbocycles. The predicted octanol–water partition coefficient (Wildman–Crippen LogP) is 5.44. The Kier molecular flexibility index (Phi) is 11.3. The largest absolute Gasteiger partial charge is 0.488 e. The first kappa shape index (κ1) is 36.2. The average Bonchev–Trinajstić information content (AvgIpc) is 3.08. The highest BCUT2D eigenvalue weighted by molar-refractivity contribution is 7.91. The van der Waals surface area contributed by atoms with E-state index in [1.807, 2.05) is 6.92 Å². The molecule has 6 rings (SSSR count). The van der Waals surface area contributed by atoms with Crippen LogP contribution in [0.4, 0.5) is 10.1 Å². The molecule has 0 bridgehead atoms. The maximum Gasteiger partial charge on any atom is 0.210 e. The minimum absolute atomic E-state index is 0.0340. The van der Waals surface area contributed by atoms with E-state index < -0.39 is 26.5 Å². The monoisotopic (exact) mass is 713 g/mol. The van der Waals surface area contributed by atoms with Gasteiger partial charge in [0.15, 0.2) is 11.6 Å².